The number of hydrogen-bond donors (Lipinski definition) is 1. The second kappa shape index (κ2) is 10.9. The van der Waals surface area contributed by atoms with Crippen LogP contribution in [0.25, 0.3) is 0 Å². The maximum absolute atomic E-state index is 13.5. The van der Waals surface area contributed by atoms with Crippen molar-refractivity contribution in [2.45, 2.75) is 57.4 Å². The molecule has 1 aliphatic carbocycles. The van der Waals surface area contributed by atoms with Crippen molar-refractivity contribution < 1.29 is 23.5 Å². The van der Waals surface area contributed by atoms with Gasteiger partial charge in [-0.2, -0.15) is 0 Å². The van der Waals surface area contributed by atoms with Crippen LogP contribution in [0, 0.1) is 5.82 Å². The van der Waals surface area contributed by atoms with Crippen LogP contribution in [0.5, 0.6) is 11.5 Å². The summed E-state index contributed by atoms with van der Waals surface area (Å²) in [6.45, 7) is 3.75. The fourth-order valence-corrected chi connectivity index (χ4v) is 4.93. The lowest BCUT2D eigenvalue weighted by molar-refractivity contribution is -0.134. The molecule has 1 saturated heterocycles. The van der Waals surface area contributed by atoms with E-state index < -0.39 is 5.54 Å². The highest BCUT2D eigenvalue weighted by Crippen LogP contribution is 2.39. The van der Waals surface area contributed by atoms with E-state index in [4.69, 9.17) is 9.47 Å². The molecule has 1 heterocycles. The number of nitrogens with one attached hydrogen (secondary N) is 1. The van der Waals surface area contributed by atoms with E-state index in [-0.39, 0.29) is 24.2 Å². The molecule has 4 rings (SSSR count). The summed E-state index contributed by atoms with van der Waals surface area (Å²) in [4.78, 5) is 27.6. The smallest absolute Gasteiger partial charge is 0.260 e. The molecule has 2 aromatic carbocycles. The molecule has 2 aliphatic rings. The van der Waals surface area contributed by atoms with Crippen molar-refractivity contribution in [2.24, 2.45) is 0 Å². The molecular weight excluding hydrogens is 435 g/mol. The lowest BCUT2D eigenvalue weighted by Crippen LogP contribution is -2.43. The van der Waals surface area contributed by atoms with Crippen molar-refractivity contribution in [1.29, 1.82) is 0 Å². The summed E-state index contributed by atoms with van der Waals surface area (Å²) in [6.07, 6.45) is 6.83. The van der Waals surface area contributed by atoms with Gasteiger partial charge in [0.1, 0.15) is 5.82 Å². The van der Waals surface area contributed by atoms with E-state index in [0.717, 1.165) is 63.6 Å². The molecular formula is C27H33FN2O4. The third kappa shape index (κ3) is 5.51. The number of rotatable bonds is 8. The van der Waals surface area contributed by atoms with Gasteiger partial charge in [-0.3, -0.25) is 9.59 Å². The van der Waals surface area contributed by atoms with Crippen LogP contribution in [0.1, 0.15) is 67.8 Å². The Morgan fingerprint density at radius 2 is 1.65 bits per heavy atom. The molecule has 1 aliphatic heterocycles. The highest BCUT2D eigenvalue weighted by molar-refractivity contribution is 5.95. The van der Waals surface area contributed by atoms with Crippen molar-refractivity contribution >= 4 is 11.8 Å². The summed E-state index contributed by atoms with van der Waals surface area (Å²) >= 11 is 0. The molecule has 1 N–H and O–H groups in total. The highest BCUT2D eigenvalue weighted by Gasteiger charge is 2.37. The van der Waals surface area contributed by atoms with Crippen molar-refractivity contribution in [3.8, 4) is 11.5 Å². The van der Waals surface area contributed by atoms with Crippen molar-refractivity contribution in [3.63, 3.8) is 0 Å². The van der Waals surface area contributed by atoms with Crippen LogP contribution in [0.3, 0.4) is 0 Å². The Bertz CT molecular complexity index is 996. The summed E-state index contributed by atoms with van der Waals surface area (Å²) in [5.41, 5.74) is 0.861. The average molecular weight is 469 g/mol. The highest BCUT2D eigenvalue weighted by atomic mass is 19.1. The second-order valence-electron chi connectivity index (χ2n) is 9.07. The number of nitrogens with zero attached hydrogens (tertiary/aromatic N) is 1. The largest absolute Gasteiger partial charge is 0.490 e. The Morgan fingerprint density at radius 1 is 0.941 bits per heavy atom. The topological polar surface area (TPSA) is 67.9 Å². The van der Waals surface area contributed by atoms with E-state index in [0.29, 0.717) is 23.7 Å². The summed E-state index contributed by atoms with van der Waals surface area (Å²) in [6, 6.07) is 11.4. The number of piperidine rings is 1. The molecule has 0 aromatic heterocycles. The molecule has 34 heavy (non-hydrogen) atoms. The standard InChI is InChI=1S/C27H33FN2O4/c1-2-33-24-18-20(8-13-23(24)34-19-25(31)30-16-6-3-7-17-30)26(32)29-27(14-4-5-15-27)21-9-11-22(28)12-10-21/h8-13,18H,2-7,14-17,19H2,1H3,(H,29,32). The number of likely N-dealkylation sites (tertiary alicyclic amines) is 1. The van der Waals surface area contributed by atoms with Gasteiger partial charge in [0.25, 0.3) is 11.8 Å². The van der Waals surface area contributed by atoms with E-state index in [1.807, 2.05) is 11.8 Å². The quantitative estimate of drug-likeness (QED) is 0.604. The summed E-state index contributed by atoms with van der Waals surface area (Å²) < 4.78 is 25.0. The summed E-state index contributed by atoms with van der Waals surface area (Å²) in [7, 11) is 0. The van der Waals surface area contributed by atoms with Gasteiger partial charge in [0.05, 0.1) is 12.1 Å². The number of hydrogen-bond acceptors (Lipinski definition) is 4. The molecule has 7 heteroatoms. The first-order chi connectivity index (χ1) is 16.5. The first-order valence-electron chi connectivity index (χ1n) is 12.3. The molecule has 0 spiro atoms. The second-order valence-corrected chi connectivity index (χ2v) is 9.07. The van der Waals surface area contributed by atoms with Crippen LogP contribution >= 0.6 is 0 Å². The van der Waals surface area contributed by atoms with Gasteiger partial charge in [0.15, 0.2) is 18.1 Å². The monoisotopic (exact) mass is 468 g/mol. The minimum absolute atomic E-state index is 0.0357. The van der Waals surface area contributed by atoms with Gasteiger partial charge in [0.2, 0.25) is 0 Å². The van der Waals surface area contributed by atoms with Gasteiger partial charge >= 0.3 is 0 Å². The third-order valence-corrected chi connectivity index (χ3v) is 6.77. The Kier molecular flexibility index (Phi) is 7.70. The number of benzene rings is 2. The first kappa shape index (κ1) is 24.0. The van der Waals surface area contributed by atoms with Crippen LogP contribution in [0.15, 0.2) is 42.5 Å². The molecule has 0 unspecified atom stereocenters. The lowest BCUT2D eigenvalue weighted by atomic mass is 9.87. The van der Waals surface area contributed by atoms with Gasteiger partial charge in [-0.1, -0.05) is 25.0 Å². The van der Waals surface area contributed by atoms with E-state index >= 15 is 0 Å². The van der Waals surface area contributed by atoms with Gasteiger partial charge in [-0.05, 0) is 74.9 Å². The normalized spacial score (nSPS) is 17.3. The predicted octanol–water partition coefficient (Wildman–Crippen LogP) is 4.82. The zero-order valence-electron chi connectivity index (χ0n) is 19.8. The van der Waals surface area contributed by atoms with E-state index in [1.54, 1.807) is 30.3 Å². The molecule has 0 atom stereocenters. The van der Waals surface area contributed by atoms with Gasteiger partial charge < -0.3 is 19.7 Å². The summed E-state index contributed by atoms with van der Waals surface area (Å²) in [5.74, 6) is 0.329. The van der Waals surface area contributed by atoms with Crippen molar-refractivity contribution in [2.75, 3.05) is 26.3 Å². The van der Waals surface area contributed by atoms with Crippen LogP contribution in [0.4, 0.5) is 4.39 Å². The van der Waals surface area contributed by atoms with E-state index in [1.165, 1.54) is 12.1 Å². The number of ether oxygens (including phenoxy) is 2. The molecule has 2 amide bonds. The molecule has 182 valence electrons. The Balaban J connectivity index is 1.47. The molecule has 1 saturated carbocycles. The van der Waals surface area contributed by atoms with Crippen LogP contribution in [0.2, 0.25) is 0 Å². The SMILES string of the molecule is CCOc1cc(C(=O)NC2(c3ccc(F)cc3)CCCC2)ccc1OCC(=O)N1CCCCC1. The molecule has 2 aromatic rings. The average Bonchev–Trinajstić information content (AvgIpc) is 3.33. The van der Waals surface area contributed by atoms with E-state index in [9.17, 15) is 14.0 Å². The minimum Gasteiger partial charge on any atom is -0.490 e. The van der Waals surface area contributed by atoms with Gasteiger partial charge in [-0.15, -0.1) is 0 Å². The zero-order valence-corrected chi connectivity index (χ0v) is 19.8. The van der Waals surface area contributed by atoms with Crippen molar-refractivity contribution in [1.82, 2.24) is 10.2 Å². The molecule has 2 fully saturated rings. The lowest BCUT2D eigenvalue weighted by Gasteiger charge is -2.31. The maximum atomic E-state index is 13.5. The third-order valence-electron chi connectivity index (χ3n) is 6.77. The van der Waals surface area contributed by atoms with Crippen LogP contribution in [-0.4, -0.2) is 43.0 Å². The number of halogens is 1. The van der Waals surface area contributed by atoms with Gasteiger partial charge in [0, 0.05) is 18.7 Å². The Hall–Kier alpha value is -3.09. The number of carbonyl (C=O) groups is 2. The zero-order chi connectivity index (χ0) is 24.0. The van der Waals surface area contributed by atoms with E-state index in [2.05, 4.69) is 5.32 Å². The predicted molar refractivity (Wildman–Crippen MR) is 128 cm³/mol. The van der Waals surface area contributed by atoms with Gasteiger partial charge in [-0.25, -0.2) is 4.39 Å². The molecule has 6 nitrogen and oxygen atoms in total. The van der Waals surface area contributed by atoms with Crippen molar-refractivity contribution in [3.05, 3.63) is 59.4 Å². The first-order valence-corrected chi connectivity index (χ1v) is 12.3. The summed E-state index contributed by atoms with van der Waals surface area (Å²) in [5, 5.41) is 3.21. The maximum Gasteiger partial charge on any atom is 0.260 e. The van der Waals surface area contributed by atoms with Crippen LogP contribution in [-0.2, 0) is 10.3 Å². The fraction of sp³-hybridized carbons (Fsp3) is 0.481. The fourth-order valence-electron chi connectivity index (χ4n) is 4.93. The Morgan fingerprint density at radius 3 is 2.32 bits per heavy atom. The molecule has 0 radical (unpaired) electrons. The number of carbonyl (C=O) groups excluding carboxylic acids is 2. The Labute approximate surface area is 200 Å². The molecule has 0 bridgehead atoms. The van der Waals surface area contributed by atoms with Crippen LogP contribution < -0.4 is 14.8 Å². The minimum atomic E-state index is -0.507. The number of amides is 2.